The van der Waals surface area contributed by atoms with Crippen molar-refractivity contribution in [2.75, 3.05) is 6.54 Å². The van der Waals surface area contributed by atoms with Gasteiger partial charge in [0, 0.05) is 23.9 Å². The minimum absolute atomic E-state index is 0.305. The van der Waals surface area contributed by atoms with Crippen molar-refractivity contribution in [3.8, 4) is 0 Å². The number of hydrogen-bond acceptors (Lipinski definition) is 3. The van der Waals surface area contributed by atoms with Crippen LogP contribution in [0.4, 0.5) is 0 Å². The summed E-state index contributed by atoms with van der Waals surface area (Å²) in [5.74, 6) is 0. The summed E-state index contributed by atoms with van der Waals surface area (Å²) < 4.78 is 0. The molecule has 0 aliphatic heterocycles. The first kappa shape index (κ1) is 13.3. The average molecular weight is 268 g/mol. The van der Waals surface area contributed by atoms with Gasteiger partial charge >= 0.3 is 0 Å². The fourth-order valence-corrected chi connectivity index (χ4v) is 3.17. The Morgan fingerprint density at radius 1 is 1.20 bits per heavy atom. The van der Waals surface area contributed by atoms with Crippen molar-refractivity contribution in [2.24, 2.45) is 11.1 Å². The van der Waals surface area contributed by atoms with Gasteiger partial charge in [-0.2, -0.15) is 0 Å². The van der Waals surface area contributed by atoms with E-state index in [0.717, 1.165) is 24.1 Å². The van der Waals surface area contributed by atoms with E-state index >= 15 is 0 Å². The predicted molar refractivity (Wildman–Crippen MR) is 79.3 cm³/mol. The van der Waals surface area contributed by atoms with Crippen LogP contribution in [-0.2, 0) is 12.8 Å². The van der Waals surface area contributed by atoms with E-state index in [9.17, 15) is 5.11 Å². The van der Waals surface area contributed by atoms with E-state index in [0.29, 0.717) is 6.54 Å². The Morgan fingerprint density at radius 3 is 2.35 bits per heavy atom. The summed E-state index contributed by atoms with van der Waals surface area (Å²) >= 11 is 0. The zero-order valence-electron chi connectivity index (χ0n) is 11.7. The van der Waals surface area contributed by atoms with Gasteiger partial charge in [0.05, 0.1) is 6.10 Å². The molecule has 2 aromatic rings. The van der Waals surface area contributed by atoms with Gasteiger partial charge in [0.1, 0.15) is 0 Å². The van der Waals surface area contributed by atoms with E-state index in [1.165, 1.54) is 11.1 Å². The molecule has 1 aliphatic rings. The Kier molecular flexibility index (Phi) is 3.32. The molecule has 3 nitrogen and oxygen atoms in total. The normalized spacial score (nSPS) is 17.8. The smallest absolute Gasteiger partial charge is 0.0879 e. The number of benzene rings is 1. The number of aliphatic hydroxyl groups excluding tert-OH is 1. The molecule has 1 aromatic carbocycles. The monoisotopic (exact) mass is 268 g/mol. The Hall–Kier alpha value is -1.71. The van der Waals surface area contributed by atoms with Crippen LogP contribution < -0.4 is 5.73 Å². The van der Waals surface area contributed by atoms with Crippen LogP contribution in [-0.4, -0.2) is 16.6 Å². The Labute approximate surface area is 119 Å². The molecule has 104 valence electrons. The number of pyridine rings is 1. The summed E-state index contributed by atoms with van der Waals surface area (Å²) in [6.07, 6.45) is 2.84. The summed E-state index contributed by atoms with van der Waals surface area (Å²) in [6.45, 7) is 2.41. The second kappa shape index (κ2) is 5.00. The molecular weight excluding hydrogens is 248 g/mol. The van der Waals surface area contributed by atoms with Gasteiger partial charge in [0.2, 0.25) is 0 Å². The first-order valence-electron chi connectivity index (χ1n) is 7.02. The average Bonchev–Trinajstić information content (AvgIpc) is 2.87. The first-order chi connectivity index (χ1) is 9.64. The molecule has 3 heteroatoms. The number of aryl methyl sites for hydroxylation is 1. The predicted octanol–water partition coefficient (Wildman–Crippen LogP) is 2.17. The second-order valence-electron chi connectivity index (χ2n) is 5.82. The molecule has 1 unspecified atom stereocenters. The second-order valence-corrected chi connectivity index (χ2v) is 5.82. The van der Waals surface area contributed by atoms with Gasteiger partial charge in [-0.05, 0) is 42.5 Å². The van der Waals surface area contributed by atoms with E-state index in [2.05, 4.69) is 17.1 Å². The zero-order chi connectivity index (χ0) is 14.2. The standard InChI is InChI=1S/C17H20N2O/c1-12-6-7-15(10-19-12)16(20)17(11-18)8-13-4-2-3-5-14(13)9-17/h2-7,10,16,20H,8-9,11,18H2,1H3. The summed E-state index contributed by atoms with van der Waals surface area (Å²) in [5, 5.41) is 10.8. The molecule has 1 aliphatic carbocycles. The maximum Gasteiger partial charge on any atom is 0.0879 e. The van der Waals surface area contributed by atoms with E-state index in [1.807, 2.05) is 31.2 Å². The van der Waals surface area contributed by atoms with Gasteiger partial charge in [0.15, 0.2) is 0 Å². The van der Waals surface area contributed by atoms with Gasteiger partial charge in [-0.1, -0.05) is 30.3 Å². The quantitative estimate of drug-likeness (QED) is 0.897. The van der Waals surface area contributed by atoms with Crippen molar-refractivity contribution in [1.82, 2.24) is 4.98 Å². The SMILES string of the molecule is Cc1ccc(C(O)C2(CN)Cc3ccccc3C2)cn1. The van der Waals surface area contributed by atoms with Crippen molar-refractivity contribution < 1.29 is 5.11 Å². The molecule has 0 bridgehead atoms. The van der Waals surface area contributed by atoms with Crippen molar-refractivity contribution in [3.05, 3.63) is 65.0 Å². The fourth-order valence-electron chi connectivity index (χ4n) is 3.17. The van der Waals surface area contributed by atoms with Crippen LogP contribution in [0.3, 0.4) is 0 Å². The van der Waals surface area contributed by atoms with Gasteiger partial charge < -0.3 is 10.8 Å². The van der Waals surface area contributed by atoms with Crippen molar-refractivity contribution in [2.45, 2.75) is 25.9 Å². The lowest BCUT2D eigenvalue weighted by molar-refractivity contribution is 0.0355. The molecule has 1 aromatic heterocycles. The maximum atomic E-state index is 10.8. The van der Waals surface area contributed by atoms with Crippen LogP contribution in [0.5, 0.6) is 0 Å². The number of aromatic nitrogens is 1. The Balaban J connectivity index is 1.93. The van der Waals surface area contributed by atoms with Crippen LogP contribution in [0.25, 0.3) is 0 Å². The minimum atomic E-state index is -0.576. The lowest BCUT2D eigenvalue weighted by Crippen LogP contribution is -2.37. The molecule has 0 fully saturated rings. The molecule has 0 saturated heterocycles. The van der Waals surface area contributed by atoms with Crippen molar-refractivity contribution >= 4 is 0 Å². The first-order valence-corrected chi connectivity index (χ1v) is 7.02. The van der Waals surface area contributed by atoms with Crippen molar-refractivity contribution in [3.63, 3.8) is 0 Å². The minimum Gasteiger partial charge on any atom is -0.388 e. The highest BCUT2D eigenvalue weighted by atomic mass is 16.3. The number of rotatable bonds is 3. The molecule has 1 heterocycles. The number of fused-ring (bicyclic) bond motifs is 1. The molecule has 1 atom stereocenters. The molecule has 0 radical (unpaired) electrons. The van der Waals surface area contributed by atoms with Gasteiger partial charge in [0.25, 0.3) is 0 Å². The number of nitrogens with zero attached hydrogens (tertiary/aromatic N) is 1. The topological polar surface area (TPSA) is 59.1 Å². The zero-order valence-corrected chi connectivity index (χ0v) is 11.7. The lowest BCUT2D eigenvalue weighted by Gasteiger charge is -2.33. The van der Waals surface area contributed by atoms with E-state index in [4.69, 9.17) is 5.73 Å². The Morgan fingerprint density at radius 2 is 1.85 bits per heavy atom. The van der Waals surface area contributed by atoms with E-state index in [1.54, 1.807) is 6.20 Å². The van der Waals surface area contributed by atoms with E-state index < -0.39 is 6.10 Å². The van der Waals surface area contributed by atoms with Crippen LogP contribution >= 0.6 is 0 Å². The van der Waals surface area contributed by atoms with Gasteiger partial charge in [-0.25, -0.2) is 0 Å². The summed E-state index contributed by atoms with van der Waals surface area (Å²) in [6, 6.07) is 12.2. The third-order valence-corrected chi connectivity index (χ3v) is 4.44. The molecule has 3 N–H and O–H groups in total. The van der Waals surface area contributed by atoms with Crippen LogP contribution in [0, 0.1) is 12.3 Å². The maximum absolute atomic E-state index is 10.8. The van der Waals surface area contributed by atoms with Crippen LogP contribution in [0.2, 0.25) is 0 Å². The highest BCUT2D eigenvalue weighted by Crippen LogP contribution is 2.45. The highest BCUT2D eigenvalue weighted by molar-refractivity contribution is 5.36. The number of hydrogen-bond donors (Lipinski definition) is 2. The molecule has 0 spiro atoms. The van der Waals surface area contributed by atoms with Crippen LogP contribution in [0.15, 0.2) is 42.6 Å². The summed E-state index contributed by atoms with van der Waals surface area (Å²) in [4.78, 5) is 4.29. The van der Waals surface area contributed by atoms with Gasteiger partial charge in [-0.3, -0.25) is 4.98 Å². The largest absolute Gasteiger partial charge is 0.388 e. The molecule has 0 amide bonds. The van der Waals surface area contributed by atoms with Gasteiger partial charge in [-0.15, -0.1) is 0 Å². The molecule has 20 heavy (non-hydrogen) atoms. The van der Waals surface area contributed by atoms with Crippen LogP contribution in [0.1, 0.15) is 28.5 Å². The van der Waals surface area contributed by atoms with Crippen molar-refractivity contribution in [1.29, 1.82) is 0 Å². The third-order valence-electron chi connectivity index (χ3n) is 4.44. The summed E-state index contributed by atoms with van der Waals surface area (Å²) in [7, 11) is 0. The molecular formula is C17H20N2O. The lowest BCUT2D eigenvalue weighted by atomic mass is 9.76. The number of nitrogens with two attached hydrogens (primary N) is 1. The third kappa shape index (κ3) is 2.13. The molecule has 3 rings (SSSR count). The van der Waals surface area contributed by atoms with E-state index in [-0.39, 0.29) is 5.41 Å². The summed E-state index contributed by atoms with van der Waals surface area (Å²) in [5.41, 5.74) is 10.1. The highest BCUT2D eigenvalue weighted by Gasteiger charge is 2.42. The fraction of sp³-hybridized carbons (Fsp3) is 0.353. The molecule has 0 saturated carbocycles. The number of aliphatic hydroxyl groups is 1. The Bertz CT molecular complexity index is 582.